The highest BCUT2D eigenvalue weighted by Gasteiger charge is 2.31. The smallest absolute Gasteiger partial charge is 0.406 e. The van der Waals surface area contributed by atoms with Gasteiger partial charge in [-0.1, -0.05) is 0 Å². The van der Waals surface area contributed by atoms with Gasteiger partial charge in [-0.15, -0.1) is 13.2 Å². The maximum Gasteiger partial charge on any atom is 0.573 e. The molecule has 3 nitrogen and oxygen atoms in total. The first-order valence-electron chi connectivity index (χ1n) is 4.11. The predicted molar refractivity (Wildman–Crippen MR) is 46.5 cm³/mol. The number of hydrogen-bond donors (Lipinski definition) is 1. The van der Waals surface area contributed by atoms with E-state index in [1.165, 1.54) is 7.05 Å². The Balaban J connectivity index is 3.03. The van der Waals surface area contributed by atoms with Crippen LogP contribution >= 0.6 is 0 Å². The molecule has 1 aromatic rings. The van der Waals surface area contributed by atoms with E-state index in [4.69, 9.17) is 0 Å². The van der Waals surface area contributed by atoms with Crippen LogP contribution in [0.25, 0.3) is 0 Å². The van der Waals surface area contributed by atoms with Gasteiger partial charge in [0, 0.05) is 7.05 Å². The average Bonchev–Trinajstić information content (AvgIpc) is 2.18. The van der Waals surface area contributed by atoms with Crippen molar-refractivity contribution in [3.8, 4) is 5.75 Å². The quantitative estimate of drug-likeness (QED) is 0.800. The summed E-state index contributed by atoms with van der Waals surface area (Å²) >= 11 is 0. The number of amides is 1. The van der Waals surface area contributed by atoms with Crippen LogP contribution in [0.1, 0.15) is 10.4 Å². The lowest BCUT2D eigenvalue weighted by Gasteiger charge is -2.10. The monoisotopic (exact) mass is 237 g/mol. The van der Waals surface area contributed by atoms with Crippen molar-refractivity contribution in [2.75, 3.05) is 7.05 Å². The molecule has 1 N–H and O–H groups in total. The van der Waals surface area contributed by atoms with E-state index in [1.54, 1.807) is 0 Å². The molecular formula is C9H7F4NO2. The second-order valence-corrected chi connectivity index (χ2v) is 2.77. The molecule has 1 aromatic carbocycles. The van der Waals surface area contributed by atoms with Gasteiger partial charge in [0.25, 0.3) is 5.91 Å². The zero-order valence-corrected chi connectivity index (χ0v) is 8.06. The third kappa shape index (κ3) is 3.11. The molecule has 0 saturated heterocycles. The Kier molecular flexibility index (Phi) is 3.36. The van der Waals surface area contributed by atoms with E-state index in [0.29, 0.717) is 6.07 Å². The highest BCUT2D eigenvalue weighted by atomic mass is 19.4. The molecule has 0 radical (unpaired) electrons. The summed E-state index contributed by atoms with van der Waals surface area (Å²) in [4.78, 5) is 11.1. The number of carbonyl (C=O) groups is 1. The van der Waals surface area contributed by atoms with Crippen molar-refractivity contribution < 1.29 is 27.1 Å². The fraction of sp³-hybridized carbons (Fsp3) is 0.222. The van der Waals surface area contributed by atoms with Crippen molar-refractivity contribution >= 4 is 5.91 Å². The van der Waals surface area contributed by atoms with E-state index in [-0.39, 0.29) is 0 Å². The highest BCUT2D eigenvalue weighted by Crippen LogP contribution is 2.24. The van der Waals surface area contributed by atoms with E-state index in [0.717, 1.165) is 12.1 Å². The van der Waals surface area contributed by atoms with Gasteiger partial charge in [-0.2, -0.15) is 0 Å². The number of halogens is 4. The fourth-order valence-corrected chi connectivity index (χ4v) is 1.01. The van der Waals surface area contributed by atoms with Crippen LogP contribution < -0.4 is 10.1 Å². The molecular weight excluding hydrogens is 230 g/mol. The largest absolute Gasteiger partial charge is 0.573 e. The Hall–Kier alpha value is -1.79. The molecule has 0 atom stereocenters. The summed E-state index contributed by atoms with van der Waals surface area (Å²) in [6.45, 7) is 0. The van der Waals surface area contributed by atoms with Crippen LogP contribution in [0, 0.1) is 5.82 Å². The van der Waals surface area contributed by atoms with Crippen molar-refractivity contribution in [2.45, 2.75) is 6.36 Å². The molecule has 0 aliphatic carbocycles. The topological polar surface area (TPSA) is 38.3 Å². The molecule has 0 aliphatic heterocycles. The first kappa shape index (κ1) is 12.3. The number of benzene rings is 1. The maximum absolute atomic E-state index is 13.0. The maximum atomic E-state index is 13.0. The van der Waals surface area contributed by atoms with E-state index in [2.05, 4.69) is 10.1 Å². The zero-order chi connectivity index (χ0) is 12.3. The minimum atomic E-state index is -4.88. The number of alkyl halides is 3. The van der Waals surface area contributed by atoms with Gasteiger partial charge in [-0.05, 0) is 18.2 Å². The van der Waals surface area contributed by atoms with Gasteiger partial charge >= 0.3 is 6.36 Å². The van der Waals surface area contributed by atoms with Crippen LogP contribution in [0.5, 0.6) is 5.75 Å². The molecule has 88 valence electrons. The van der Waals surface area contributed by atoms with Crippen LogP contribution in [0.2, 0.25) is 0 Å². The van der Waals surface area contributed by atoms with Crippen molar-refractivity contribution in [2.24, 2.45) is 0 Å². The van der Waals surface area contributed by atoms with Crippen molar-refractivity contribution in [3.05, 3.63) is 29.6 Å². The minimum Gasteiger partial charge on any atom is -0.406 e. The normalized spacial score (nSPS) is 11.1. The van der Waals surface area contributed by atoms with Crippen molar-refractivity contribution in [1.29, 1.82) is 0 Å². The predicted octanol–water partition coefficient (Wildman–Crippen LogP) is 2.08. The van der Waals surface area contributed by atoms with Gasteiger partial charge in [-0.3, -0.25) is 4.79 Å². The van der Waals surface area contributed by atoms with Gasteiger partial charge in [-0.25, -0.2) is 4.39 Å². The summed E-state index contributed by atoms with van der Waals surface area (Å²) in [5.41, 5.74) is -0.510. The van der Waals surface area contributed by atoms with Crippen LogP contribution in [-0.2, 0) is 0 Å². The number of ether oxygens (including phenoxy) is 1. The Morgan fingerprint density at radius 1 is 1.38 bits per heavy atom. The Labute approximate surface area is 88.0 Å². The van der Waals surface area contributed by atoms with Crippen LogP contribution in [0.4, 0.5) is 17.6 Å². The Morgan fingerprint density at radius 2 is 2.00 bits per heavy atom. The second kappa shape index (κ2) is 4.38. The third-order valence-corrected chi connectivity index (χ3v) is 1.64. The molecule has 0 fully saturated rings. The summed E-state index contributed by atoms with van der Waals surface area (Å²) in [7, 11) is 1.24. The van der Waals surface area contributed by atoms with Crippen LogP contribution in [0.15, 0.2) is 18.2 Å². The lowest BCUT2D eigenvalue weighted by molar-refractivity contribution is -0.274. The summed E-state index contributed by atoms with van der Waals surface area (Å²) < 4.78 is 52.1. The van der Waals surface area contributed by atoms with Crippen molar-refractivity contribution in [1.82, 2.24) is 5.32 Å². The molecule has 0 aromatic heterocycles. The third-order valence-electron chi connectivity index (χ3n) is 1.64. The molecule has 16 heavy (non-hydrogen) atoms. The van der Waals surface area contributed by atoms with Gasteiger partial charge in [0.15, 0.2) is 0 Å². The zero-order valence-electron chi connectivity index (χ0n) is 8.06. The fourth-order valence-electron chi connectivity index (χ4n) is 1.01. The minimum absolute atomic E-state index is 0.510. The first-order chi connectivity index (χ1) is 7.33. The van der Waals surface area contributed by atoms with E-state index in [9.17, 15) is 22.4 Å². The lowest BCUT2D eigenvalue weighted by Crippen LogP contribution is -2.21. The second-order valence-electron chi connectivity index (χ2n) is 2.77. The lowest BCUT2D eigenvalue weighted by atomic mass is 10.2. The number of carbonyl (C=O) groups excluding carboxylic acids is 1. The van der Waals surface area contributed by atoms with E-state index >= 15 is 0 Å². The van der Waals surface area contributed by atoms with Gasteiger partial charge < -0.3 is 10.1 Å². The van der Waals surface area contributed by atoms with Crippen molar-refractivity contribution in [3.63, 3.8) is 0 Å². The summed E-state index contributed by atoms with van der Waals surface area (Å²) in [5.74, 6) is -2.40. The number of hydrogen-bond acceptors (Lipinski definition) is 2. The summed E-state index contributed by atoms with van der Waals surface area (Å²) in [6, 6.07) is 2.20. The molecule has 1 amide bonds. The highest BCUT2D eigenvalue weighted by molar-refractivity contribution is 5.94. The Bertz CT molecular complexity index is 403. The van der Waals surface area contributed by atoms with E-state index < -0.39 is 29.4 Å². The van der Waals surface area contributed by atoms with Gasteiger partial charge in [0.2, 0.25) is 0 Å². The molecule has 0 heterocycles. The standard InChI is InChI=1S/C9H7F4NO2/c1-14-8(15)6-4-5(2-3-7(6)10)16-9(11,12)13/h2-4H,1H3,(H,14,15). The first-order valence-corrected chi connectivity index (χ1v) is 4.11. The number of nitrogens with one attached hydrogen (secondary N) is 1. The van der Waals surface area contributed by atoms with E-state index in [1.807, 2.05) is 0 Å². The van der Waals surface area contributed by atoms with Crippen LogP contribution in [0.3, 0.4) is 0 Å². The molecule has 0 saturated carbocycles. The molecule has 7 heteroatoms. The molecule has 0 bridgehead atoms. The molecule has 0 unspecified atom stereocenters. The molecule has 0 spiro atoms. The van der Waals surface area contributed by atoms with Crippen LogP contribution in [-0.4, -0.2) is 19.3 Å². The van der Waals surface area contributed by atoms with Gasteiger partial charge in [0.1, 0.15) is 11.6 Å². The molecule has 1 rings (SSSR count). The number of rotatable bonds is 2. The van der Waals surface area contributed by atoms with Gasteiger partial charge in [0.05, 0.1) is 5.56 Å². The summed E-state index contributed by atoms with van der Waals surface area (Å²) in [6.07, 6.45) is -4.88. The summed E-state index contributed by atoms with van der Waals surface area (Å²) in [5, 5.41) is 2.10. The Morgan fingerprint density at radius 3 is 2.50 bits per heavy atom. The SMILES string of the molecule is CNC(=O)c1cc(OC(F)(F)F)ccc1F. The average molecular weight is 237 g/mol. The molecule has 0 aliphatic rings.